The number of carboxylic acid groups (broad SMARTS) is 1. The molecule has 1 aliphatic carbocycles. The number of carboxylic acids is 1. The zero-order valence-electron chi connectivity index (χ0n) is 10.3. The summed E-state index contributed by atoms with van der Waals surface area (Å²) in [7, 11) is 0. The van der Waals surface area contributed by atoms with Gasteiger partial charge in [0.05, 0.1) is 5.41 Å². The molecule has 6 heteroatoms. The average molecular weight is 262 g/mol. The minimum absolute atomic E-state index is 0.0845. The second kappa shape index (κ2) is 4.72. The van der Waals surface area contributed by atoms with E-state index >= 15 is 0 Å². The molecule has 100 valence electrons. The lowest BCUT2D eigenvalue weighted by atomic mass is 9.78. The predicted octanol–water partition coefficient (Wildman–Crippen LogP) is 1.03. The molecule has 0 bridgehead atoms. The summed E-state index contributed by atoms with van der Waals surface area (Å²) in [5, 5.41) is 11.5. The zero-order valence-corrected chi connectivity index (χ0v) is 10.3. The van der Waals surface area contributed by atoms with Gasteiger partial charge in [0.15, 0.2) is 0 Å². The number of carbonyl (C=O) groups excluding carboxylic acids is 2. The van der Waals surface area contributed by atoms with Crippen LogP contribution in [0.3, 0.4) is 0 Å². The third kappa shape index (κ3) is 2.29. The van der Waals surface area contributed by atoms with Crippen LogP contribution in [0.2, 0.25) is 0 Å². The highest BCUT2D eigenvalue weighted by molar-refractivity contribution is 6.03. The van der Waals surface area contributed by atoms with Crippen LogP contribution in [0.25, 0.3) is 0 Å². The Morgan fingerprint density at radius 3 is 2.84 bits per heavy atom. The molecule has 0 radical (unpaired) electrons. The zero-order chi connectivity index (χ0) is 14.0. The van der Waals surface area contributed by atoms with E-state index in [9.17, 15) is 19.5 Å². The van der Waals surface area contributed by atoms with E-state index in [4.69, 9.17) is 0 Å². The van der Waals surface area contributed by atoms with Crippen molar-refractivity contribution in [1.82, 2.24) is 10.2 Å². The van der Waals surface area contributed by atoms with Crippen LogP contribution < -0.4 is 5.32 Å². The summed E-state index contributed by atoms with van der Waals surface area (Å²) in [6.45, 7) is 3.48. The summed E-state index contributed by atoms with van der Waals surface area (Å²) in [6, 6.07) is -0.527. The number of nitrogens with zero attached hydrogens (tertiary/aromatic N) is 1. The Morgan fingerprint density at radius 1 is 1.58 bits per heavy atom. The van der Waals surface area contributed by atoms with E-state index in [1.807, 2.05) is 0 Å². The van der Waals surface area contributed by atoms with Crippen molar-refractivity contribution in [2.75, 3.05) is 6.54 Å². The summed E-state index contributed by atoms with van der Waals surface area (Å²) < 4.78 is 0. The monoisotopic (exact) mass is 262 g/mol. The smallest absolute Gasteiger partial charge is 0.329 e. The molecule has 0 aromatic carbocycles. The maximum Gasteiger partial charge on any atom is 0.329 e. The third-order valence-corrected chi connectivity index (χ3v) is 3.23. The SMILES string of the molecule is C=CCC1(C(=O)O)C=C(N2CC(=O)NC2=O)C=CC1. The molecule has 1 atom stereocenters. The Morgan fingerprint density at radius 2 is 2.32 bits per heavy atom. The van der Waals surface area contributed by atoms with Crippen molar-refractivity contribution in [3.8, 4) is 0 Å². The number of imide groups is 1. The van der Waals surface area contributed by atoms with Gasteiger partial charge in [0.2, 0.25) is 5.91 Å². The first-order valence-electron chi connectivity index (χ1n) is 5.83. The molecular weight excluding hydrogens is 248 g/mol. The maximum absolute atomic E-state index is 11.6. The van der Waals surface area contributed by atoms with Gasteiger partial charge in [-0.25, -0.2) is 4.79 Å². The van der Waals surface area contributed by atoms with E-state index in [-0.39, 0.29) is 13.0 Å². The molecule has 1 heterocycles. The summed E-state index contributed by atoms with van der Waals surface area (Å²) in [4.78, 5) is 35.4. The molecule has 0 spiro atoms. The molecule has 2 N–H and O–H groups in total. The lowest BCUT2D eigenvalue weighted by Crippen LogP contribution is -2.34. The number of urea groups is 1. The van der Waals surface area contributed by atoms with Crippen LogP contribution in [0.1, 0.15) is 12.8 Å². The van der Waals surface area contributed by atoms with Crippen molar-refractivity contribution in [2.45, 2.75) is 12.8 Å². The van der Waals surface area contributed by atoms with Gasteiger partial charge in [0.1, 0.15) is 6.54 Å². The topological polar surface area (TPSA) is 86.7 Å². The fourth-order valence-corrected chi connectivity index (χ4v) is 2.23. The van der Waals surface area contributed by atoms with Crippen LogP contribution in [0, 0.1) is 5.41 Å². The van der Waals surface area contributed by atoms with Gasteiger partial charge in [-0.2, -0.15) is 0 Å². The molecule has 2 aliphatic rings. The molecule has 6 nitrogen and oxygen atoms in total. The largest absolute Gasteiger partial charge is 0.481 e. The van der Waals surface area contributed by atoms with E-state index < -0.39 is 23.3 Å². The van der Waals surface area contributed by atoms with Crippen molar-refractivity contribution in [2.24, 2.45) is 5.41 Å². The first kappa shape index (κ1) is 13.1. The van der Waals surface area contributed by atoms with Gasteiger partial charge in [0.25, 0.3) is 0 Å². The molecule has 3 amide bonds. The maximum atomic E-state index is 11.6. The van der Waals surface area contributed by atoms with Crippen LogP contribution in [0.15, 0.2) is 36.6 Å². The van der Waals surface area contributed by atoms with Crippen molar-refractivity contribution < 1.29 is 19.5 Å². The number of nitrogens with one attached hydrogen (secondary N) is 1. The van der Waals surface area contributed by atoms with Crippen molar-refractivity contribution in [3.63, 3.8) is 0 Å². The summed E-state index contributed by atoms with van der Waals surface area (Å²) in [5.41, 5.74) is -0.670. The molecule has 1 saturated heterocycles. The molecule has 1 fully saturated rings. The van der Waals surface area contributed by atoms with Crippen molar-refractivity contribution >= 4 is 17.9 Å². The van der Waals surface area contributed by atoms with Crippen LogP contribution in [-0.2, 0) is 9.59 Å². The molecular formula is C13H14N2O4. The van der Waals surface area contributed by atoms with E-state index in [1.54, 1.807) is 12.2 Å². The first-order valence-corrected chi connectivity index (χ1v) is 5.83. The van der Waals surface area contributed by atoms with E-state index in [2.05, 4.69) is 11.9 Å². The molecule has 1 aliphatic heterocycles. The highest BCUT2D eigenvalue weighted by atomic mass is 16.4. The molecule has 2 rings (SSSR count). The van der Waals surface area contributed by atoms with Gasteiger partial charge in [0, 0.05) is 5.70 Å². The Labute approximate surface area is 110 Å². The van der Waals surface area contributed by atoms with Gasteiger partial charge in [-0.15, -0.1) is 6.58 Å². The highest BCUT2D eigenvalue weighted by Gasteiger charge is 2.38. The molecule has 19 heavy (non-hydrogen) atoms. The summed E-state index contributed by atoms with van der Waals surface area (Å²) in [5.74, 6) is -1.37. The minimum Gasteiger partial charge on any atom is -0.481 e. The Bertz CT molecular complexity index is 517. The van der Waals surface area contributed by atoms with Crippen molar-refractivity contribution in [1.29, 1.82) is 0 Å². The Hall–Kier alpha value is -2.37. The number of aliphatic carboxylic acids is 1. The van der Waals surface area contributed by atoms with Crippen LogP contribution in [-0.4, -0.2) is 34.5 Å². The van der Waals surface area contributed by atoms with E-state index in [1.165, 1.54) is 17.1 Å². The van der Waals surface area contributed by atoms with Crippen LogP contribution in [0.4, 0.5) is 4.79 Å². The Kier molecular flexibility index (Phi) is 3.25. The molecule has 1 unspecified atom stereocenters. The van der Waals surface area contributed by atoms with E-state index in [0.29, 0.717) is 12.1 Å². The summed E-state index contributed by atoms with van der Waals surface area (Å²) >= 11 is 0. The number of rotatable bonds is 4. The number of hydrogen-bond acceptors (Lipinski definition) is 3. The predicted molar refractivity (Wildman–Crippen MR) is 67.0 cm³/mol. The fraction of sp³-hybridized carbons (Fsp3) is 0.308. The van der Waals surface area contributed by atoms with Gasteiger partial charge < -0.3 is 5.11 Å². The van der Waals surface area contributed by atoms with E-state index in [0.717, 1.165) is 0 Å². The van der Waals surface area contributed by atoms with Gasteiger partial charge in [-0.05, 0) is 25.0 Å². The van der Waals surface area contributed by atoms with Gasteiger partial charge >= 0.3 is 12.0 Å². The van der Waals surface area contributed by atoms with Crippen LogP contribution >= 0.6 is 0 Å². The summed E-state index contributed by atoms with van der Waals surface area (Å²) in [6.07, 6.45) is 7.01. The number of amides is 3. The quantitative estimate of drug-likeness (QED) is 0.585. The number of hydrogen-bond donors (Lipinski definition) is 2. The molecule has 0 saturated carbocycles. The normalized spacial score (nSPS) is 26.1. The van der Waals surface area contributed by atoms with Crippen molar-refractivity contribution in [3.05, 3.63) is 36.6 Å². The Balaban J connectivity index is 2.35. The average Bonchev–Trinajstić information content (AvgIpc) is 2.69. The van der Waals surface area contributed by atoms with Gasteiger partial charge in [-0.1, -0.05) is 12.2 Å². The third-order valence-electron chi connectivity index (χ3n) is 3.23. The second-order valence-electron chi connectivity index (χ2n) is 4.57. The van der Waals surface area contributed by atoms with Crippen LogP contribution in [0.5, 0.6) is 0 Å². The number of carbonyl (C=O) groups is 3. The second-order valence-corrected chi connectivity index (χ2v) is 4.57. The van der Waals surface area contributed by atoms with Gasteiger partial charge in [-0.3, -0.25) is 19.8 Å². The molecule has 0 aromatic heterocycles. The number of allylic oxidation sites excluding steroid dienone is 3. The highest BCUT2D eigenvalue weighted by Crippen LogP contribution is 2.35. The standard InChI is InChI=1S/C13H14N2O4/c1-2-5-13(11(17)18)6-3-4-9(7-13)15-8-10(16)14-12(15)19/h2-4,7H,1,5-6,8H2,(H,17,18)(H,14,16,19). The minimum atomic E-state index is -1.10. The lowest BCUT2D eigenvalue weighted by molar-refractivity contribution is -0.145. The fourth-order valence-electron chi connectivity index (χ4n) is 2.23. The molecule has 0 aromatic rings. The lowest BCUT2D eigenvalue weighted by Gasteiger charge is -2.29. The first-order chi connectivity index (χ1) is 8.98.